The van der Waals surface area contributed by atoms with Crippen molar-refractivity contribution in [3.63, 3.8) is 0 Å². The Morgan fingerprint density at radius 2 is 1.79 bits per heavy atom. The molecule has 1 aromatic heterocycles. The zero-order valence-electron chi connectivity index (χ0n) is 17.4. The van der Waals surface area contributed by atoms with E-state index >= 15 is 0 Å². The Hall–Kier alpha value is -3.36. The minimum Gasteiger partial charge on any atom is -0.293 e. The molecule has 0 spiro atoms. The number of aryl methyl sites for hydroxylation is 1. The van der Waals surface area contributed by atoms with E-state index in [0.717, 1.165) is 18.2 Å². The highest BCUT2D eigenvalue weighted by molar-refractivity contribution is 7.89. The molecule has 0 bridgehead atoms. The fraction of sp³-hybridized carbons (Fsp3) is 0.316. The number of benzene rings is 2. The highest BCUT2D eigenvalue weighted by Crippen LogP contribution is 2.26. The van der Waals surface area contributed by atoms with Crippen LogP contribution in [0.4, 0.5) is 14.5 Å². The van der Waals surface area contributed by atoms with E-state index in [-0.39, 0.29) is 35.9 Å². The van der Waals surface area contributed by atoms with Crippen molar-refractivity contribution in [2.24, 2.45) is 0 Å². The van der Waals surface area contributed by atoms with Crippen LogP contribution >= 0.6 is 0 Å². The van der Waals surface area contributed by atoms with Crippen LogP contribution in [0.15, 0.2) is 41.3 Å². The Morgan fingerprint density at radius 1 is 1.06 bits per heavy atom. The van der Waals surface area contributed by atoms with Gasteiger partial charge in [0, 0.05) is 44.4 Å². The third-order valence-corrected chi connectivity index (χ3v) is 7.42. The number of nitro groups is 1. The smallest absolute Gasteiger partial charge is 0.270 e. The van der Waals surface area contributed by atoms with Gasteiger partial charge in [0.2, 0.25) is 10.0 Å². The minimum absolute atomic E-state index is 0.0903. The van der Waals surface area contributed by atoms with E-state index in [1.807, 2.05) is 4.90 Å². The first-order chi connectivity index (χ1) is 15.7. The van der Waals surface area contributed by atoms with Gasteiger partial charge in [0.25, 0.3) is 5.69 Å². The topological polar surface area (TPSA) is 127 Å². The molecule has 14 heteroatoms. The summed E-state index contributed by atoms with van der Waals surface area (Å²) in [6, 6.07) is 7.08. The first-order valence-corrected chi connectivity index (χ1v) is 11.3. The number of halogens is 2. The highest BCUT2D eigenvalue weighted by atomic mass is 32.2. The maximum absolute atomic E-state index is 13.6. The van der Waals surface area contributed by atoms with Crippen molar-refractivity contribution < 1.29 is 22.1 Å². The lowest BCUT2D eigenvalue weighted by atomic mass is 10.2. The third-order valence-electron chi connectivity index (χ3n) is 5.38. The molecule has 3 aromatic rings. The Kier molecular flexibility index (Phi) is 6.14. The third kappa shape index (κ3) is 4.58. The fourth-order valence-electron chi connectivity index (χ4n) is 3.57. The van der Waals surface area contributed by atoms with Gasteiger partial charge < -0.3 is 0 Å². The lowest BCUT2D eigenvalue weighted by Crippen LogP contribution is -2.48. The van der Waals surface area contributed by atoms with Gasteiger partial charge in [-0.3, -0.25) is 15.0 Å². The van der Waals surface area contributed by atoms with Crippen molar-refractivity contribution in [2.75, 3.05) is 26.2 Å². The Balaban J connectivity index is 1.46. The molecule has 174 valence electrons. The quantitative estimate of drug-likeness (QED) is 0.386. The van der Waals surface area contributed by atoms with Gasteiger partial charge in [-0.2, -0.15) is 8.99 Å². The molecule has 1 aliphatic rings. The highest BCUT2D eigenvalue weighted by Gasteiger charge is 2.31. The van der Waals surface area contributed by atoms with Gasteiger partial charge in [-0.1, -0.05) is 6.07 Å². The van der Waals surface area contributed by atoms with Crippen LogP contribution in [0.2, 0.25) is 0 Å². The molecule has 0 radical (unpaired) electrons. The van der Waals surface area contributed by atoms with E-state index in [9.17, 15) is 27.3 Å². The van der Waals surface area contributed by atoms with Gasteiger partial charge in [-0.05, 0) is 35.0 Å². The second kappa shape index (κ2) is 8.88. The number of non-ortho nitro benzene ring substituents is 1. The van der Waals surface area contributed by atoms with Crippen molar-refractivity contribution in [3.8, 4) is 5.69 Å². The summed E-state index contributed by atoms with van der Waals surface area (Å²) in [6.07, 6.45) is 0. The van der Waals surface area contributed by atoms with Crippen molar-refractivity contribution >= 4 is 15.7 Å². The van der Waals surface area contributed by atoms with Crippen LogP contribution in [0, 0.1) is 28.7 Å². The molecular weight excluding hydrogens is 460 g/mol. The van der Waals surface area contributed by atoms with Crippen molar-refractivity contribution in [1.82, 2.24) is 29.4 Å². The summed E-state index contributed by atoms with van der Waals surface area (Å²) in [5.41, 5.74) is 0.395. The standard InChI is InChI=1S/C19H19F2N7O4S/c1-13-2-3-15(28(29)30)11-18(13)33(31,32)26-8-6-25(7-9-26)12-19-22-23-24-27(19)14-4-5-16(20)17(21)10-14/h2-5,10-11H,6-9,12H2,1H3. The van der Waals surface area contributed by atoms with Crippen LogP contribution in [0.3, 0.4) is 0 Å². The monoisotopic (exact) mass is 479 g/mol. The molecule has 0 N–H and O–H groups in total. The first-order valence-electron chi connectivity index (χ1n) is 9.87. The summed E-state index contributed by atoms with van der Waals surface area (Å²) >= 11 is 0. The number of piperazine rings is 1. The molecule has 33 heavy (non-hydrogen) atoms. The second-order valence-corrected chi connectivity index (χ2v) is 9.40. The number of nitro benzene ring substituents is 1. The van der Waals surface area contributed by atoms with Gasteiger partial charge in [-0.15, -0.1) is 5.10 Å². The van der Waals surface area contributed by atoms with Gasteiger partial charge in [0.05, 0.1) is 22.1 Å². The number of hydrogen-bond acceptors (Lipinski definition) is 8. The molecule has 0 saturated carbocycles. The minimum atomic E-state index is -3.91. The largest absolute Gasteiger partial charge is 0.293 e. The SMILES string of the molecule is Cc1ccc([N+](=O)[O-])cc1S(=O)(=O)N1CCN(Cc2nnnn2-c2ccc(F)c(F)c2)CC1. The number of hydrogen-bond donors (Lipinski definition) is 0. The van der Waals surface area contributed by atoms with E-state index in [0.29, 0.717) is 24.5 Å². The lowest BCUT2D eigenvalue weighted by molar-refractivity contribution is -0.385. The summed E-state index contributed by atoms with van der Waals surface area (Å²) in [4.78, 5) is 12.3. The van der Waals surface area contributed by atoms with Crippen LogP contribution in [-0.4, -0.2) is 68.9 Å². The second-order valence-electron chi connectivity index (χ2n) is 7.49. The maximum Gasteiger partial charge on any atom is 0.270 e. The van der Waals surface area contributed by atoms with Crippen LogP contribution < -0.4 is 0 Å². The van der Waals surface area contributed by atoms with Crippen LogP contribution in [0.1, 0.15) is 11.4 Å². The molecule has 2 heterocycles. The number of tetrazole rings is 1. The number of aromatic nitrogens is 4. The zero-order valence-corrected chi connectivity index (χ0v) is 18.2. The number of rotatable bonds is 6. The summed E-state index contributed by atoms with van der Waals surface area (Å²) < 4.78 is 55.6. The van der Waals surface area contributed by atoms with E-state index in [2.05, 4.69) is 15.5 Å². The van der Waals surface area contributed by atoms with Gasteiger partial charge in [-0.25, -0.2) is 17.2 Å². The molecule has 2 aromatic carbocycles. The molecule has 1 fully saturated rings. The molecule has 1 aliphatic heterocycles. The van der Waals surface area contributed by atoms with Crippen molar-refractivity contribution in [2.45, 2.75) is 18.4 Å². The molecule has 0 unspecified atom stereocenters. The van der Waals surface area contributed by atoms with Gasteiger partial charge in [0.15, 0.2) is 17.5 Å². The van der Waals surface area contributed by atoms with E-state index in [1.165, 1.54) is 27.2 Å². The summed E-state index contributed by atoms with van der Waals surface area (Å²) in [5.74, 6) is -1.62. The maximum atomic E-state index is 13.6. The van der Waals surface area contributed by atoms with E-state index < -0.39 is 26.6 Å². The molecule has 0 atom stereocenters. The van der Waals surface area contributed by atoms with Gasteiger partial charge >= 0.3 is 0 Å². The lowest BCUT2D eigenvalue weighted by Gasteiger charge is -2.33. The molecule has 1 saturated heterocycles. The predicted octanol–water partition coefficient (Wildman–Crippen LogP) is 1.66. The number of nitrogens with zero attached hydrogens (tertiary/aromatic N) is 7. The average molecular weight is 479 g/mol. The zero-order chi connectivity index (χ0) is 23.8. The predicted molar refractivity (Wildman–Crippen MR) is 111 cm³/mol. The van der Waals surface area contributed by atoms with Crippen LogP contribution in [-0.2, 0) is 16.6 Å². The fourth-order valence-corrected chi connectivity index (χ4v) is 5.24. The first kappa shape index (κ1) is 22.8. The Labute approximate surface area is 187 Å². The van der Waals surface area contributed by atoms with Crippen LogP contribution in [0.25, 0.3) is 5.69 Å². The summed E-state index contributed by atoms with van der Waals surface area (Å²) in [6.45, 7) is 2.89. The average Bonchev–Trinajstić information content (AvgIpc) is 3.24. The van der Waals surface area contributed by atoms with E-state index in [4.69, 9.17) is 0 Å². The van der Waals surface area contributed by atoms with Crippen molar-refractivity contribution in [3.05, 3.63) is 69.5 Å². The van der Waals surface area contributed by atoms with Crippen LogP contribution in [0.5, 0.6) is 0 Å². The summed E-state index contributed by atoms with van der Waals surface area (Å²) in [7, 11) is -3.91. The van der Waals surface area contributed by atoms with Gasteiger partial charge in [0.1, 0.15) is 0 Å². The molecular formula is C19H19F2N7O4S. The molecule has 4 rings (SSSR count). The Bertz CT molecular complexity index is 1310. The Morgan fingerprint density at radius 3 is 2.45 bits per heavy atom. The van der Waals surface area contributed by atoms with E-state index in [1.54, 1.807) is 6.92 Å². The summed E-state index contributed by atoms with van der Waals surface area (Å²) in [5, 5.41) is 22.4. The molecule has 0 amide bonds. The molecule has 11 nitrogen and oxygen atoms in total. The normalized spacial score (nSPS) is 15.6. The van der Waals surface area contributed by atoms with Crippen molar-refractivity contribution in [1.29, 1.82) is 0 Å². The molecule has 0 aliphatic carbocycles. The number of sulfonamides is 1.